The monoisotopic (exact) mass is 658 g/mol. The van der Waals surface area contributed by atoms with Crippen LogP contribution in [0.2, 0.25) is 0 Å². The van der Waals surface area contributed by atoms with Crippen LogP contribution in [0, 0.1) is 13.8 Å². The molecule has 0 spiro atoms. The van der Waals surface area contributed by atoms with Crippen LogP contribution in [0.1, 0.15) is 71.1 Å². The number of aromatic nitrogens is 6. The fourth-order valence-electron chi connectivity index (χ4n) is 4.44. The summed E-state index contributed by atoms with van der Waals surface area (Å²) in [5, 5.41) is 5.53. The number of nitrogens with one attached hydrogen (secondary N) is 2. The third kappa shape index (κ3) is 5.87. The van der Waals surface area contributed by atoms with Gasteiger partial charge in [0.05, 0.1) is 5.70 Å². The summed E-state index contributed by atoms with van der Waals surface area (Å²) in [6.45, 7) is 13.4. The molecule has 0 saturated heterocycles. The van der Waals surface area contributed by atoms with Crippen LogP contribution in [0.4, 0.5) is 0 Å². The molecular formula is C30H26N8O8S. The molecule has 0 saturated carbocycles. The van der Waals surface area contributed by atoms with E-state index in [0.29, 0.717) is 23.0 Å². The Balaban J connectivity index is 1.30. The summed E-state index contributed by atoms with van der Waals surface area (Å²) in [6, 6.07) is -0.664. The van der Waals surface area contributed by atoms with E-state index in [2.05, 4.69) is 67.9 Å². The summed E-state index contributed by atoms with van der Waals surface area (Å²) >= 11 is 1.61. The summed E-state index contributed by atoms with van der Waals surface area (Å²) in [5.41, 5.74) is 0.995. The van der Waals surface area contributed by atoms with E-state index in [1.54, 1.807) is 25.6 Å². The highest BCUT2D eigenvalue weighted by molar-refractivity contribution is 8.00. The maximum Gasteiger partial charge on any atom is 0.277 e. The van der Waals surface area contributed by atoms with Crippen LogP contribution in [0.3, 0.4) is 0 Å². The highest BCUT2D eigenvalue weighted by Gasteiger charge is 2.29. The summed E-state index contributed by atoms with van der Waals surface area (Å²) < 4.78 is 34.0. The molecule has 12 bridgehead atoms. The molecule has 17 heteroatoms. The lowest BCUT2D eigenvalue weighted by Gasteiger charge is -2.21. The molecule has 7 rings (SSSR count). The Hall–Kier alpha value is -5.71. The lowest BCUT2D eigenvalue weighted by Crippen LogP contribution is -2.31. The Labute approximate surface area is 269 Å². The Kier molecular flexibility index (Phi) is 7.19. The van der Waals surface area contributed by atoms with E-state index in [-0.39, 0.29) is 74.3 Å². The van der Waals surface area contributed by atoms with Crippen LogP contribution in [0.25, 0.3) is 52.0 Å². The van der Waals surface area contributed by atoms with Gasteiger partial charge in [0.25, 0.3) is 11.8 Å². The van der Waals surface area contributed by atoms with Crippen molar-refractivity contribution in [3.8, 4) is 46.3 Å². The van der Waals surface area contributed by atoms with E-state index in [1.165, 1.54) is 25.1 Å². The van der Waals surface area contributed by atoms with E-state index in [4.69, 9.17) is 26.5 Å². The average Bonchev–Trinajstić information content (AvgIpc) is 3.84. The van der Waals surface area contributed by atoms with Crippen LogP contribution in [-0.2, 0) is 0 Å². The Morgan fingerprint density at radius 1 is 0.702 bits per heavy atom. The number of oxazole rings is 6. The second-order valence-corrected chi connectivity index (χ2v) is 13.3. The molecule has 7 heterocycles. The minimum atomic E-state index is -0.664. The van der Waals surface area contributed by atoms with Crippen molar-refractivity contribution in [3.63, 3.8) is 0 Å². The molecule has 2 amide bonds. The van der Waals surface area contributed by atoms with Crippen molar-refractivity contribution in [2.45, 2.75) is 45.4 Å². The Bertz CT molecular complexity index is 2160. The second kappa shape index (κ2) is 11.3. The number of amides is 2. The predicted molar refractivity (Wildman–Crippen MR) is 163 cm³/mol. The molecule has 0 fully saturated rings. The summed E-state index contributed by atoms with van der Waals surface area (Å²) in [7, 11) is 0. The van der Waals surface area contributed by atoms with Gasteiger partial charge >= 0.3 is 0 Å². The number of rotatable bonds is 2. The zero-order valence-corrected chi connectivity index (χ0v) is 26.5. The molecule has 16 nitrogen and oxygen atoms in total. The van der Waals surface area contributed by atoms with Crippen LogP contribution in [0.15, 0.2) is 58.1 Å². The minimum Gasteiger partial charge on any atom is -0.443 e. The fourth-order valence-corrected chi connectivity index (χ4v) is 5.33. The normalized spacial score (nSPS) is 15.3. The standard InChI is InChI=1S/C30H26N8O8S/c1-12-24-35-17(9-41-24)26-36-18(10-43-26)25-33-16(7-42-25)23(40)32-19(11-47-30(4,5)6)27-37-21(14(3)45-27)29-38-20(13(2)46-29)28-34-15(8-44-28)22(39)31-12/h7-10,19H,1,11H2,2-6H3,(H,31,39)(H,32,40)/t19-/m0/s1. The van der Waals surface area contributed by atoms with Crippen molar-refractivity contribution in [2.24, 2.45) is 0 Å². The van der Waals surface area contributed by atoms with Gasteiger partial charge in [-0.25, -0.2) is 29.9 Å². The van der Waals surface area contributed by atoms with Crippen LogP contribution >= 0.6 is 11.8 Å². The van der Waals surface area contributed by atoms with Crippen molar-refractivity contribution in [3.05, 3.63) is 66.3 Å². The van der Waals surface area contributed by atoms with Gasteiger partial charge in [0.1, 0.15) is 42.6 Å². The highest BCUT2D eigenvalue weighted by atomic mass is 32.2. The maximum atomic E-state index is 13.4. The first-order valence-corrected chi connectivity index (χ1v) is 15.1. The molecule has 240 valence electrons. The number of hydrogen-bond acceptors (Lipinski definition) is 15. The quantitative estimate of drug-likeness (QED) is 0.231. The third-order valence-corrected chi connectivity index (χ3v) is 8.11. The molecule has 0 radical (unpaired) electrons. The fraction of sp³-hybridized carbons (Fsp3) is 0.267. The Morgan fingerprint density at radius 2 is 1.23 bits per heavy atom. The second-order valence-electron chi connectivity index (χ2n) is 11.4. The lowest BCUT2D eigenvalue weighted by atomic mass is 10.3. The zero-order chi connectivity index (χ0) is 33.0. The van der Waals surface area contributed by atoms with Gasteiger partial charge in [-0.15, -0.1) is 0 Å². The van der Waals surface area contributed by atoms with Gasteiger partial charge in [-0.2, -0.15) is 11.8 Å². The number of hydrogen-bond donors (Lipinski definition) is 2. The molecule has 1 aliphatic heterocycles. The zero-order valence-electron chi connectivity index (χ0n) is 25.7. The molecule has 47 heavy (non-hydrogen) atoms. The molecule has 2 N–H and O–H groups in total. The van der Waals surface area contributed by atoms with E-state index >= 15 is 0 Å². The first-order chi connectivity index (χ1) is 22.4. The van der Waals surface area contributed by atoms with Crippen LogP contribution in [0.5, 0.6) is 0 Å². The van der Waals surface area contributed by atoms with E-state index < -0.39 is 17.9 Å². The minimum absolute atomic E-state index is 0.000118. The number of fused-ring (bicyclic) bond motifs is 16. The van der Waals surface area contributed by atoms with E-state index in [1.807, 2.05) is 0 Å². The van der Waals surface area contributed by atoms with Gasteiger partial charge in [-0.1, -0.05) is 27.4 Å². The SMILES string of the molecule is C=C1NC(=O)c2coc(n2)-c2nc(oc2C)-c2nc(oc2C)[C@H](CSC(C)(C)C)NC(=O)c2coc(n2)-c2coc(n2)-c2coc1n2. The summed E-state index contributed by atoms with van der Waals surface area (Å²) in [4.78, 5) is 52.8. The summed E-state index contributed by atoms with van der Waals surface area (Å²) in [6.07, 6.45) is 4.97. The molecule has 0 aromatic carbocycles. The summed E-state index contributed by atoms with van der Waals surface area (Å²) in [5.74, 6) is 0.578. The first kappa shape index (κ1) is 30.0. The molecule has 0 unspecified atom stereocenters. The molecule has 6 aromatic heterocycles. The largest absolute Gasteiger partial charge is 0.443 e. The van der Waals surface area contributed by atoms with E-state index in [0.717, 1.165) is 0 Å². The van der Waals surface area contributed by atoms with Crippen molar-refractivity contribution in [1.29, 1.82) is 0 Å². The number of thioether (sulfide) groups is 1. The molecule has 1 atom stereocenters. The van der Waals surface area contributed by atoms with Crippen molar-refractivity contribution < 1.29 is 36.1 Å². The van der Waals surface area contributed by atoms with Gasteiger partial charge in [0, 0.05) is 10.5 Å². The molecular weight excluding hydrogens is 632 g/mol. The maximum absolute atomic E-state index is 13.4. The van der Waals surface area contributed by atoms with Gasteiger partial charge in [0.15, 0.2) is 34.2 Å². The highest BCUT2D eigenvalue weighted by Crippen LogP contribution is 2.34. The number of nitrogens with zero attached hydrogens (tertiary/aromatic N) is 6. The number of aryl methyl sites for hydroxylation is 2. The molecule has 0 aliphatic carbocycles. The number of carbonyl (C=O) groups is 2. The van der Waals surface area contributed by atoms with Crippen LogP contribution < -0.4 is 10.6 Å². The third-order valence-electron chi connectivity index (χ3n) is 6.74. The van der Waals surface area contributed by atoms with Gasteiger partial charge in [0.2, 0.25) is 35.3 Å². The van der Waals surface area contributed by atoms with Crippen molar-refractivity contribution in [2.75, 3.05) is 5.75 Å². The van der Waals surface area contributed by atoms with E-state index in [9.17, 15) is 9.59 Å². The lowest BCUT2D eigenvalue weighted by molar-refractivity contribution is 0.0928. The smallest absolute Gasteiger partial charge is 0.277 e. The van der Waals surface area contributed by atoms with Gasteiger partial charge in [-0.3, -0.25) is 9.59 Å². The first-order valence-electron chi connectivity index (χ1n) is 14.2. The van der Waals surface area contributed by atoms with Crippen molar-refractivity contribution >= 4 is 29.3 Å². The van der Waals surface area contributed by atoms with Gasteiger partial charge in [-0.05, 0) is 13.8 Å². The number of carbonyl (C=O) groups excluding carboxylic acids is 2. The topological polar surface area (TPSA) is 214 Å². The van der Waals surface area contributed by atoms with Gasteiger partial charge < -0.3 is 37.1 Å². The molecule has 6 aromatic rings. The predicted octanol–water partition coefficient (Wildman–Crippen LogP) is 5.62. The Morgan fingerprint density at radius 3 is 1.94 bits per heavy atom. The van der Waals surface area contributed by atoms with Crippen molar-refractivity contribution in [1.82, 2.24) is 40.5 Å². The molecule has 1 aliphatic rings. The average molecular weight is 659 g/mol. The van der Waals surface area contributed by atoms with Crippen LogP contribution in [-0.4, -0.2) is 52.2 Å².